The van der Waals surface area contributed by atoms with Crippen molar-refractivity contribution in [3.8, 4) is 5.69 Å². The van der Waals surface area contributed by atoms with Crippen LogP contribution in [0.2, 0.25) is 5.02 Å². The Morgan fingerprint density at radius 3 is 2.74 bits per heavy atom. The van der Waals surface area contributed by atoms with E-state index in [-0.39, 0.29) is 11.7 Å². The number of nitrogens with one attached hydrogen (secondary N) is 1. The summed E-state index contributed by atoms with van der Waals surface area (Å²) < 4.78 is 1.44. The van der Waals surface area contributed by atoms with E-state index in [1.165, 1.54) is 4.57 Å². The number of rotatable bonds is 4. The second-order valence-electron chi connectivity index (χ2n) is 4.91. The van der Waals surface area contributed by atoms with Gasteiger partial charge in [0.05, 0.1) is 16.8 Å². The van der Waals surface area contributed by atoms with Crippen LogP contribution in [-0.4, -0.2) is 14.8 Å². The lowest BCUT2D eigenvalue weighted by Gasteiger charge is -2.15. The van der Waals surface area contributed by atoms with Crippen molar-refractivity contribution < 1.29 is 0 Å². The van der Waals surface area contributed by atoms with Crippen LogP contribution in [0.3, 0.4) is 0 Å². The van der Waals surface area contributed by atoms with Gasteiger partial charge in [0.1, 0.15) is 0 Å². The van der Waals surface area contributed by atoms with E-state index in [1.807, 2.05) is 12.1 Å². The lowest BCUT2D eigenvalue weighted by atomic mass is 10.0. The van der Waals surface area contributed by atoms with E-state index in [0.717, 1.165) is 6.42 Å². The number of nitrogens with two attached hydrogens (primary N) is 1. The van der Waals surface area contributed by atoms with E-state index in [9.17, 15) is 4.79 Å². The van der Waals surface area contributed by atoms with Gasteiger partial charge in [-0.15, -0.1) is 0 Å². The number of halogens is 1. The number of hydrogen-bond acceptors (Lipinski definition) is 3. The average molecular weight is 281 g/mol. The van der Waals surface area contributed by atoms with Crippen molar-refractivity contribution in [3.63, 3.8) is 0 Å². The summed E-state index contributed by atoms with van der Waals surface area (Å²) in [7, 11) is 0. The molecule has 0 saturated heterocycles. The number of para-hydroxylation sites is 1. The first-order chi connectivity index (χ1) is 9.00. The zero-order chi connectivity index (χ0) is 14.0. The molecule has 0 aliphatic carbocycles. The second-order valence-corrected chi connectivity index (χ2v) is 5.32. The fourth-order valence-corrected chi connectivity index (χ4v) is 2.26. The Morgan fingerprint density at radius 2 is 2.11 bits per heavy atom. The molecule has 2 rings (SSSR count). The molecule has 102 valence electrons. The molecule has 6 heteroatoms. The molecule has 1 aromatic heterocycles. The highest BCUT2D eigenvalue weighted by Crippen LogP contribution is 2.23. The van der Waals surface area contributed by atoms with E-state index in [0.29, 0.717) is 22.5 Å². The lowest BCUT2D eigenvalue weighted by molar-refractivity contribution is 0.487. The van der Waals surface area contributed by atoms with E-state index in [4.69, 9.17) is 17.3 Å². The van der Waals surface area contributed by atoms with Crippen molar-refractivity contribution in [1.82, 2.24) is 14.8 Å². The van der Waals surface area contributed by atoms with Crippen LogP contribution in [0.1, 0.15) is 32.1 Å². The van der Waals surface area contributed by atoms with Gasteiger partial charge >= 0.3 is 5.69 Å². The smallest absolute Gasteiger partial charge is 0.321 e. The summed E-state index contributed by atoms with van der Waals surface area (Å²) in [4.78, 5) is 11.9. The molecular formula is C13H17ClN4O. The normalized spacial score (nSPS) is 12.9. The van der Waals surface area contributed by atoms with Crippen molar-refractivity contribution in [2.45, 2.75) is 26.3 Å². The summed E-state index contributed by atoms with van der Waals surface area (Å²) in [5, 5.41) is 6.95. The molecule has 0 unspecified atom stereocenters. The predicted molar refractivity (Wildman–Crippen MR) is 75.6 cm³/mol. The van der Waals surface area contributed by atoms with Crippen LogP contribution in [0.4, 0.5) is 0 Å². The molecule has 1 atom stereocenters. The Kier molecular flexibility index (Phi) is 4.07. The Bertz CT molecular complexity index is 617. The quantitative estimate of drug-likeness (QED) is 0.902. The number of nitrogens with zero attached hydrogens (tertiary/aromatic N) is 2. The maximum atomic E-state index is 11.9. The molecule has 2 aromatic rings. The molecule has 0 spiro atoms. The minimum absolute atomic E-state index is 0.310. The van der Waals surface area contributed by atoms with Gasteiger partial charge in [-0.05, 0) is 24.5 Å². The van der Waals surface area contributed by atoms with Crippen molar-refractivity contribution in [2.75, 3.05) is 0 Å². The van der Waals surface area contributed by atoms with Crippen LogP contribution in [-0.2, 0) is 0 Å². The van der Waals surface area contributed by atoms with Crippen LogP contribution in [0, 0.1) is 5.92 Å². The van der Waals surface area contributed by atoms with Crippen LogP contribution < -0.4 is 11.4 Å². The van der Waals surface area contributed by atoms with Crippen molar-refractivity contribution in [3.05, 3.63) is 45.6 Å². The fraction of sp³-hybridized carbons (Fsp3) is 0.385. The summed E-state index contributed by atoms with van der Waals surface area (Å²) in [6, 6.07) is 6.82. The number of H-pyrrole nitrogens is 1. The number of benzene rings is 1. The van der Waals surface area contributed by atoms with Gasteiger partial charge in [-0.3, -0.25) is 0 Å². The molecule has 1 heterocycles. The largest absolute Gasteiger partial charge is 0.348 e. The number of aromatic amines is 1. The molecule has 0 bridgehead atoms. The van der Waals surface area contributed by atoms with Crippen LogP contribution in [0.15, 0.2) is 29.1 Å². The van der Waals surface area contributed by atoms with Gasteiger partial charge in [-0.2, -0.15) is 5.10 Å². The molecule has 0 fully saturated rings. The third-order valence-corrected chi connectivity index (χ3v) is 3.17. The number of hydrogen-bond donors (Lipinski definition) is 2. The highest BCUT2D eigenvalue weighted by Gasteiger charge is 2.19. The fourth-order valence-electron chi connectivity index (χ4n) is 2.04. The molecule has 1 aromatic carbocycles. The van der Waals surface area contributed by atoms with E-state index < -0.39 is 0 Å². The maximum Gasteiger partial charge on any atom is 0.348 e. The molecule has 0 aliphatic heterocycles. The Morgan fingerprint density at radius 1 is 1.42 bits per heavy atom. The molecule has 0 saturated carbocycles. The molecule has 3 N–H and O–H groups in total. The predicted octanol–water partition coefficient (Wildman–Crippen LogP) is 2.26. The van der Waals surface area contributed by atoms with Crippen LogP contribution >= 0.6 is 11.6 Å². The first kappa shape index (κ1) is 13.8. The van der Waals surface area contributed by atoms with Gasteiger partial charge in [0, 0.05) is 0 Å². The minimum Gasteiger partial charge on any atom is -0.321 e. The van der Waals surface area contributed by atoms with Crippen molar-refractivity contribution >= 4 is 11.6 Å². The van der Waals surface area contributed by atoms with Gasteiger partial charge in [0.25, 0.3) is 0 Å². The van der Waals surface area contributed by atoms with Crippen molar-refractivity contribution in [1.29, 1.82) is 0 Å². The molecule has 0 radical (unpaired) electrons. The van der Waals surface area contributed by atoms with Gasteiger partial charge in [0.15, 0.2) is 5.82 Å². The second kappa shape index (κ2) is 5.59. The summed E-state index contributed by atoms with van der Waals surface area (Å²) in [6.45, 7) is 4.15. The Labute approximate surface area is 116 Å². The maximum absolute atomic E-state index is 11.9. The summed E-state index contributed by atoms with van der Waals surface area (Å²) >= 11 is 6.13. The van der Waals surface area contributed by atoms with Gasteiger partial charge < -0.3 is 5.73 Å². The lowest BCUT2D eigenvalue weighted by Crippen LogP contribution is -2.23. The highest BCUT2D eigenvalue weighted by molar-refractivity contribution is 6.32. The minimum atomic E-state index is -0.331. The summed E-state index contributed by atoms with van der Waals surface area (Å²) in [6.07, 6.45) is 0.745. The monoisotopic (exact) mass is 280 g/mol. The Hall–Kier alpha value is -1.59. The zero-order valence-electron chi connectivity index (χ0n) is 10.9. The summed E-state index contributed by atoms with van der Waals surface area (Å²) in [5.41, 5.74) is 6.38. The molecule has 5 nitrogen and oxygen atoms in total. The molecule has 0 amide bonds. The topological polar surface area (TPSA) is 76.7 Å². The van der Waals surface area contributed by atoms with E-state index in [1.54, 1.807) is 12.1 Å². The van der Waals surface area contributed by atoms with Gasteiger partial charge in [-0.1, -0.05) is 37.6 Å². The molecular weight excluding hydrogens is 264 g/mol. The standard InChI is InChI=1S/C13H17ClN4O/c1-8(2)7-10(15)12-16-17-13(19)18(12)11-6-4-3-5-9(11)14/h3-6,8,10H,7,15H2,1-2H3,(H,17,19)/t10-/m0/s1. The molecule has 19 heavy (non-hydrogen) atoms. The zero-order valence-corrected chi connectivity index (χ0v) is 11.7. The van der Waals surface area contributed by atoms with Gasteiger partial charge in [0.2, 0.25) is 0 Å². The first-order valence-electron chi connectivity index (χ1n) is 6.18. The van der Waals surface area contributed by atoms with Crippen LogP contribution in [0.25, 0.3) is 5.69 Å². The average Bonchev–Trinajstić information content (AvgIpc) is 2.71. The van der Waals surface area contributed by atoms with Crippen LogP contribution in [0.5, 0.6) is 0 Å². The third kappa shape index (κ3) is 2.88. The Balaban J connectivity index is 2.50. The van der Waals surface area contributed by atoms with Crippen molar-refractivity contribution in [2.24, 2.45) is 11.7 Å². The summed E-state index contributed by atoms with van der Waals surface area (Å²) in [5.74, 6) is 0.924. The van der Waals surface area contributed by atoms with E-state index in [2.05, 4.69) is 24.0 Å². The third-order valence-electron chi connectivity index (χ3n) is 2.85. The van der Waals surface area contributed by atoms with E-state index >= 15 is 0 Å². The van der Waals surface area contributed by atoms with Gasteiger partial charge in [-0.25, -0.2) is 14.5 Å². The number of aromatic nitrogens is 3. The first-order valence-corrected chi connectivity index (χ1v) is 6.56. The SMILES string of the molecule is CC(C)C[C@H](N)c1n[nH]c(=O)n1-c1ccccc1Cl. The molecule has 0 aliphatic rings. The highest BCUT2D eigenvalue weighted by atomic mass is 35.5.